The highest BCUT2D eigenvalue weighted by Gasteiger charge is 2.24. The maximum absolute atomic E-state index is 12.1. The summed E-state index contributed by atoms with van der Waals surface area (Å²) in [5.41, 5.74) is 1.52. The molecule has 0 amide bonds. The molecule has 1 fully saturated rings. The molecule has 0 N–H and O–H groups in total. The van der Waals surface area contributed by atoms with Crippen LogP contribution in [0, 0.1) is 12.8 Å². The molecule has 4 rings (SSSR count). The minimum atomic E-state index is -3.30. The Bertz CT molecular complexity index is 1100. The second kappa shape index (κ2) is 7.67. The van der Waals surface area contributed by atoms with Gasteiger partial charge in [0, 0.05) is 43.2 Å². The molecule has 0 bridgehead atoms. The Morgan fingerprint density at radius 3 is 2.96 bits per heavy atom. The van der Waals surface area contributed by atoms with Gasteiger partial charge in [-0.3, -0.25) is 4.98 Å². The maximum atomic E-state index is 12.1. The number of pyridine rings is 1. The van der Waals surface area contributed by atoms with Crippen molar-refractivity contribution in [2.24, 2.45) is 5.92 Å². The first kappa shape index (κ1) is 19.1. The van der Waals surface area contributed by atoms with E-state index in [-0.39, 0.29) is 0 Å². The van der Waals surface area contributed by atoms with Crippen molar-refractivity contribution >= 4 is 36.5 Å². The van der Waals surface area contributed by atoms with E-state index in [9.17, 15) is 8.42 Å². The van der Waals surface area contributed by atoms with Gasteiger partial charge in [-0.05, 0) is 38.0 Å². The van der Waals surface area contributed by atoms with Gasteiger partial charge in [-0.1, -0.05) is 17.4 Å². The van der Waals surface area contributed by atoms with Crippen molar-refractivity contribution in [1.29, 1.82) is 0 Å². The van der Waals surface area contributed by atoms with Gasteiger partial charge in [-0.25, -0.2) is 13.4 Å². The van der Waals surface area contributed by atoms with E-state index >= 15 is 0 Å². The first-order valence-electron chi connectivity index (χ1n) is 9.30. The van der Waals surface area contributed by atoms with Crippen molar-refractivity contribution in [3.8, 4) is 5.75 Å². The number of hydrogen-bond acceptors (Lipinski definition) is 7. The third kappa shape index (κ3) is 4.12. The van der Waals surface area contributed by atoms with Gasteiger partial charge in [0.2, 0.25) is 0 Å². The zero-order valence-corrected chi connectivity index (χ0v) is 17.6. The van der Waals surface area contributed by atoms with Gasteiger partial charge in [0.1, 0.15) is 11.3 Å². The summed E-state index contributed by atoms with van der Waals surface area (Å²) in [7, 11) is -3.30. The van der Waals surface area contributed by atoms with Crippen LogP contribution in [0.1, 0.15) is 18.5 Å². The standard InChI is InChI=1S/C20H23N3O3S2/c1-14-11-16(8-9-21-14)26-13-15-5-4-10-23(12-15)20-22-19-17(27-20)6-3-7-18(19)28(2,24)25/h3,6-9,11,15H,4-5,10,12-13H2,1-2H3. The molecule has 6 nitrogen and oxygen atoms in total. The SMILES string of the molecule is Cc1cc(OCC2CCCN(c3nc4c(S(C)(=O)=O)cccc4s3)C2)ccn1. The van der Waals surface area contributed by atoms with Crippen LogP contribution in [0.3, 0.4) is 0 Å². The van der Waals surface area contributed by atoms with E-state index < -0.39 is 9.84 Å². The molecule has 3 heterocycles. The van der Waals surface area contributed by atoms with Crippen molar-refractivity contribution in [3.05, 3.63) is 42.2 Å². The van der Waals surface area contributed by atoms with Crippen LogP contribution in [0.4, 0.5) is 5.13 Å². The Morgan fingerprint density at radius 1 is 1.32 bits per heavy atom. The van der Waals surface area contributed by atoms with E-state index in [0.717, 1.165) is 47.2 Å². The van der Waals surface area contributed by atoms with Crippen LogP contribution in [0.5, 0.6) is 5.75 Å². The number of anilines is 1. The van der Waals surface area contributed by atoms with Crippen molar-refractivity contribution < 1.29 is 13.2 Å². The fraction of sp³-hybridized carbons (Fsp3) is 0.400. The molecule has 0 aliphatic carbocycles. The monoisotopic (exact) mass is 417 g/mol. The lowest BCUT2D eigenvalue weighted by Gasteiger charge is -2.32. The zero-order chi connectivity index (χ0) is 19.7. The van der Waals surface area contributed by atoms with Gasteiger partial charge >= 0.3 is 0 Å². The number of sulfone groups is 1. The molecule has 148 valence electrons. The predicted molar refractivity (Wildman–Crippen MR) is 112 cm³/mol. The summed E-state index contributed by atoms with van der Waals surface area (Å²) < 4.78 is 31.0. The molecular formula is C20H23N3O3S2. The number of benzene rings is 1. The van der Waals surface area contributed by atoms with E-state index in [1.54, 1.807) is 29.7 Å². The van der Waals surface area contributed by atoms with Crippen LogP contribution in [0.15, 0.2) is 41.4 Å². The summed E-state index contributed by atoms with van der Waals surface area (Å²) in [6.45, 7) is 4.39. The Balaban J connectivity index is 1.50. The van der Waals surface area contributed by atoms with E-state index in [0.29, 0.717) is 22.9 Å². The van der Waals surface area contributed by atoms with Crippen molar-refractivity contribution in [2.45, 2.75) is 24.7 Å². The summed E-state index contributed by atoms with van der Waals surface area (Å²) in [5.74, 6) is 1.26. The first-order valence-corrected chi connectivity index (χ1v) is 12.0. The highest BCUT2D eigenvalue weighted by Crippen LogP contribution is 2.34. The molecule has 1 aliphatic heterocycles. The van der Waals surface area contributed by atoms with Crippen LogP contribution < -0.4 is 9.64 Å². The highest BCUT2D eigenvalue weighted by molar-refractivity contribution is 7.91. The van der Waals surface area contributed by atoms with Crippen LogP contribution >= 0.6 is 11.3 Å². The molecular weight excluding hydrogens is 394 g/mol. The number of hydrogen-bond donors (Lipinski definition) is 0. The van der Waals surface area contributed by atoms with Crippen molar-refractivity contribution in [1.82, 2.24) is 9.97 Å². The largest absolute Gasteiger partial charge is 0.493 e. The third-order valence-corrected chi connectivity index (χ3v) is 7.12. The quantitative estimate of drug-likeness (QED) is 0.630. The number of fused-ring (bicyclic) bond motifs is 1. The summed E-state index contributed by atoms with van der Waals surface area (Å²) >= 11 is 1.55. The molecule has 8 heteroatoms. The molecule has 1 atom stereocenters. The van der Waals surface area contributed by atoms with Gasteiger partial charge in [-0.15, -0.1) is 0 Å². The lowest BCUT2D eigenvalue weighted by Crippen LogP contribution is -2.37. The Labute approximate surface area is 169 Å². The molecule has 1 aliphatic rings. The lowest BCUT2D eigenvalue weighted by molar-refractivity contribution is 0.228. The van der Waals surface area contributed by atoms with Gasteiger partial charge in [0.05, 0.1) is 16.2 Å². The van der Waals surface area contributed by atoms with Gasteiger partial charge < -0.3 is 9.64 Å². The number of piperidine rings is 1. The molecule has 1 unspecified atom stereocenters. The lowest BCUT2D eigenvalue weighted by atomic mass is 9.99. The number of aryl methyl sites for hydroxylation is 1. The molecule has 0 spiro atoms. The van der Waals surface area contributed by atoms with Crippen molar-refractivity contribution in [2.75, 3.05) is 30.9 Å². The highest BCUT2D eigenvalue weighted by atomic mass is 32.2. The Morgan fingerprint density at radius 2 is 2.18 bits per heavy atom. The molecule has 1 aromatic carbocycles. The molecule has 0 saturated carbocycles. The number of ether oxygens (including phenoxy) is 1. The average molecular weight is 418 g/mol. The Kier molecular flexibility index (Phi) is 5.25. The third-order valence-electron chi connectivity index (χ3n) is 4.91. The zero-order valence-electron chi connectivity index (χ0n) is 16.0. The summed E-state index contributed by atoms with van der Waals surface area (Å²) in [4.78, 5) is 11.4. The average Bonchev–Trinajstić information content (AvgIpc) is 3.10. The second-order valence-electron chi connectivity index (χ2n) is 7.27. The summed E-state index contributed by atoms with van der Waals surface area (Å²) in [6.07, 6.45) is 5.17. The number of aromatic nitrogens is 2. The number of para-hydroxylation sites is 1. The number of rotatable bonds is 5. The Hall–Kier alpha value is -2.19. The molecule has 1 saturated heterocycles. The summed E-state index contributed by atoms with van der Waals surface area (Å²) in [5, 5.41) is 0.885. The maximum Gasteiger partial charge on any atom is 0.186 e. The van der Waals surface area contributed by atoms with Gasteiger partial charge in [-0.2, -0.15) is 0 Å². The normalized spacial score (nSPS) is 17.8. The molecule has 28 heavy (non-hydrogen) atoms. The van der Waals surface area contributed by atoms with E-state index in [2.05, 4.69) is 14.9 Å². The first-order chi connectivity index (χ1) is 13.4. The smallest absolute Gasteiger partial charge is 0.186 e. The topological polar surface area (TPSA) is 72.4 Å². The molecule has 0 radical (unpaired) electrons. The van der Waals surface area contributed by atoms with E-state index in [1.165, 1.54) is 6.26 Å². The van der Waals surface area contributed by atoms with E-state index in [4.69, 9.17) is 4.74 Å². The fourth-order valence-corrected chi connectivity index (χ4v) is 5.47. The molecule has 3 aromatic rings. The van der Waals surface area contributed by atoms with Gasteiger partial charge in [0.15, 0.2) is 15.0 Å². The van der Waals surface area contributed by atoms with Crippen LogP contribution in [0.2, 0.25) is 0 Å². The predicted octanol–water partition coefficient (Wildman–Crippen LogP) is 3.70. The van der Waals surface area contributed by atoms with Crippen LogP contribution in [-0.2, 0) is 9.84 Å². The molecule has 2 aromatic heterocycles. The number of thiazole rings is 1. The number of nitrogens with zero attached hydrogens (tertiary/aromatic N) is 3. The van der Waals surface area contributed by atoms with Crippen LogP contribution in [0.25, 0.3) is 10.2 Å². The fourth-order valence-electron chi connectivity index (χ4n) is 3.54. The minimum absolute atomic E-state index is 0.303. The van der Waals surface area contributed by atoms with Crippen LogP contribution in [-0.4, -0.2) is 44.3 Å². The van der Waals surface area contributed by atoms with E-state index in [1.807, 2.05) is 25.1 Å². The van der Waals surface area contributed by atoms with Crippen molar-refractivity contribution in [3.63, 3.8) is 0 Å². The van der Waals surface area contributed by atoms with Gasteiger partial charge in [0.25, 0.3) is 0 Å². The second-order valence-corrected chi connectivity index (χ2v) is 10.3. The summed E-state index contributed by atoms with van der Waals surface area (Å²) in [6, 6.07) is 9.17. The minimum Gasteiger partial charge on any atom is -0.493 e.